The summed E-state index contributed by atoms with van der Waals surface area (Å²) in [4.78, 5) is 2.92. The Morgan fingerprint density at radius 1 is 1.39 bits per heavy atom. The first-order valence-electron chi connectivity index (χ1n) is 6.35. The third-order valence-corrected chi connectivity index (χ3v) is 4.53. The molecule has 2 rings (SSSR count). The molecular weight excluding hydrogens is 308 g/mol. The molecule has 2 unspecified atom stereocenters. The van der Waals surface area contributed by atoms with Crippen LogP contribution in [-0.2, 0) is 0 Å². The lowest BCUT2D eigenvalue weighted by molar-refractivity contribution is 0.390. The molecule has 0 spiro atoms. The van der Waals surface area contributed by atoms with Gasteiger partial charge >= 0.3 is 0 Å². The summed E-state index contributed by atoms with van der Waals surface area (Å²) < 4.78 is 1.08. The number of anilines is 1. The first-order valence-corrected chi connectivity index (χ1v) is 7.55. The number of thiocarbonyl (C=S) groups is 1. The Balaban J connectivity index is 2.30. The molecule has 1 aliphatic heterocycles. The lowest BCUT2D eigenvalue weighted by Crippen LogP contribution is -2.41. The molecule has 0 saturated carbocycles. The molecule has 1 fully saturated rings. The van der Waals surface area contributed by atoms with Gasteiger partial charge in [-0.2, -0.15) is 0 Å². The van der Waals surface area contributed by atoms with Crippen LogP contribution in [0.15, 0.2) is 22.7 Å². The number of piperidine rings is 1. The van der Waals surface area contributed by atoms with Crippen molar-refractivity contribution in [3.8, 4) is 0 Å². The Bertz CT molecular complexity index is 461. The van der Waals surface area contributed by atoms with Crippen LogP contribution in [0.2, 0.25) is 0 Å². The van der Waals surface area contributed by atoms with E-state index in [0.29, 0.717) is 11.0 Å². The van der Waals surface area contributed by atoms with Gasteiger partial charge in [0.2, 0.25) is 0 Å². The van der Waals surface area contributed by atoms with Gasteiger partial charge in [-0.15, -0.1) is 0 Å². The second-order valence-corrected chi connectivity index (χ2v) is 6.51. The van der Waals surface area contributed by atoms with Crippen LogP contribution in [0.5, 0.6) is 0 Å². The number of rotatable bonds is 2. The molecule has 2 N–H and O–H groups in total. The van der Waals surface area contributed by atoms with Gasteiger partial charge in [0, 0.05) is 22.6 Å². The van der Waals surface area contributed by atoms with E-state index in [-0.39, 0.29) is 0 Å². The summed E-state index contributed by atoms with van der Waals surface area (Å²) >= 11 is 8.65. The normalized spacial score (nSPS) is 24.1. The highest BCUT2D eigenvalue weighted by atomic mass is 79.9. The molecule has 1 aliphatic rings. The lowest BCUT2D eigenvalue weighted by atomic mass is 9.94. The summed E-state index contributed by atoms with van der Waals surface area (Å²) in [6, 6.07) is 6.73. The average molecular weight is 327 g/mol. The number of hydrogen-bond acceptors (Lipinski definition) is 2. The summed E-state index contributed by atoms with van der Waals surface area (Å²) in [5, 5.41) is 0. The fourth-order valence-corrected chi connectivity index (χ4v) is 3.25. The minimum atomic E-state index is 0.447. The highest BCUT2D eigenvalue weighted by molar-refractivity contribution is 9.10. The molecule has 18 heavy (non-hydrogen) atoms. The minimum absolute atomic E-state index is 0.447. The van der Waals surface area contributed by atoms with Crippen LogP contribution < -0.4 is 10.6 Å². The van der Waals surface area contributed by atoms with Gasteiger partial charge in [0.1, 0.15) is 4.99 Å². The van der Waals surface area contributed by atoms with E-state index < -0.39 is 0 Å². The molecule has 2 atom stereocenters. The molecule has 0 aliphatic carbocycles. The Morgan fingerprint density at radius 3 is 2.72 bits per heavy atom. The SMILES string of the molecule is CC1CCC(C)N(c2ccc(C(N)=S)cc2Br)C1. The number of nitrogens with zero attached hydrogens (tertiary/aromatic N) is 1. The Kier molecular flexibility index (Phi) is 4.28. The van der Waals surface area contributed by atoms with Crippen LogP contribution in [0.25, 0.3) is 0 Å². The zero-order valence-corrected chi connectivity index (χ0v) is 13.2. The van der Waals surface area contributed by atoms with Crippen molar-refractivity contribution in [1.29, 1.82) is 0 Å². The Labute approximate surface area is 123 Å². The monoisotopic (exact) mass is 326 g/mol. The van der Waals surface area contributed by atoms with Crippen molar-refractivity contribution in [1.82, 2.24) is 0 Å². The maximum atomic E-state index is 5.66. The minimum Gasteiger partial charge on any atom is -0.389 e. The Hall–Kier alpha value is -0.610. The van der Waals surface area contributed by atoms with Gasteiger partial charge in [0.25, 0.3) is 0 Å². The highest BCUT2D eigenvalue weighted by Crippen LogP contribution is 2.33. The average Bonchev–Trinajstić information content (AvgIpc) is 2.32. The van der Waals surface area contributed by atoms with Crippen LogP contribution in [0.3, 0.4) is 0 Å². The van der Waals surface area contributed by atoms with E-state index in [0.717, 1.165) is 22.5 Å². The molecule has 2 nitrogen and oxygen atoms in total. The van der Waals surface area contributed by atoms with Gasteiger partial charge < -0.3 is 10.6 Å². The second kappa shape index (κ2) is 5.57. The van der Waals surface area contributed by atoms with Gasteiger partial charge in [-0.3, -0.25) is 0 Å². The van der Waals surface area contributed by atoms with Gasteiger partial charge in [-0.25, -0.2) is 0 Å². The molecule has 0 radical (unpaired) electrons. The zero-order chi connectivity index (χ0) is 13.3. The first-order chi connectivity index (χ1) is 8.49. The quantitative estimate of drug-likeness (QED) is 0.840. The molecule has 4 heteroatoms. The maximum absolute atomic E-state index is 5.66. The molecular formula is C14H19BrN2S. The maximum Gasteiger partial charge on any atom is 0.104 e. The summed E-state index contributed by atoms with van der Waals surface area (Å²) in [6.45, 7) is 5.72. The van der Waals surface area contributed by atoms with Crippen molar-refractivity contribution in [2.24, 2.45) is 11.7 Å². The number of benzene rings is 1. The number of nitrogens with two attached hydrogens (primary N) is 1. The van der Waals surface area contributed by atoms with Crippen molar-refractivity contribution in [3.05, 3.63) is 28.2 Å². The van der Waals surface area contributed by atoms with E-state index in [2.05, 4.69) is 40.7 Å². The third kappa shape index (κ3) is 2.86. The smallest absolute Gasteiger partial charge is 0.104 e. The highest BCUT2D eigenvalue weighted by Gasteiger charge is 2.24. The van der Waals surface area contributed by atoms with E-state index in [1.165, 1.54) is 18.5 Å². The van der Waals surface area contributed by atoms with Crippen LogP contribution >= 0.6 is 28.1 Å². The van der Waals surface area contributed by atoms with Crippen LogP contribution in [0.4, 0.5) is 5.69 Å². The van der Waals surface area contributed by atoms with Crippen LogP contribution in [-0.4, -0.2) is 17.6 Å². The fraction of sp³-hybridized carbons (Fsp3) is 0.500. The van der Waals surface area contributed by atoms with E-state index in [1.807, 2.05) is 12.1 Å². The van der Waals surface area contributed by atoms with Crippen molar-refractivity contribution in [3.63, 3.8) is 0 Å². The predicted octanol–water partition coefficient (Wildman–Crippen LogP) is 3.71. The summed E-state index contributed by atoms with van der Waals surface area (Å²) in [5.41, 5.74) is 7.82. The van der Waals surface area contributed by atoms with Gasteiger partial charge in [-0.05, 0) is 59.8 Å². The molecule has 98 valence electrons. The molecule has 1 aromatic rings. The summed E-state index contributed by atoms with van der Waals surface area (Å²) in [5.74, 6) is 0.753. The molecule has 0 bridgehead atoms. The number of halogens is 1. The zero-order valence-electron chi connectivity index (χ0n) is 10.8. The van der Waals surface area contributed by atoms with Crippen LogP contribution in [0, 0.1) is 5.92 Å². The molecule has 1 saturated heterocycles. The second-order valence-electron chi connectivity index (χ2n) is 5.21. The predicted molar refractivity (Wildman–Crippen MR) is 85.2 cm³/mol. The first kappa shape index (κ1) is 13.8. The van der Waals surface area contributed by atoms with E-state index in [9.17, 15) is 0 Å². The van der Waals surface area contributed by atoms with Crippen molar-refractivity contribution in [2.75, 3.05) is 11.4 Å². The summed E-state index contributed by atoms with van der Waals surface area (Å²) in [7, 11) is 0. The van der Waals surface area contributed by atoms with E-state index in [1.54, 1.807) is 0 Å². The van der Waals surface area contributed by atoms with Gasteiger partial charge in [0.15, 0.2) is 0 Å². The standard InChI is InChI=1S/C14H19BrN2S/c1-9-3-4-10(2)17(8-9)13-6-5-11(14(16)18)7-12(13)15/h5-7,9-10H,3-4,8H2,1-2H3,(H2,16,18). The van der Waals surface area contributed by atoms with E-state index >= 15 is 0 Å². The topological polar surface area (TPSA) is 29.3 Å². The third-order valence-electron chi connectivity index (χ3n) is 3.66. The summed E-state index contributed by atoms with van der Waals surface area (Å²) in [6.07, 6.45) is 2.57. The molecule has 0 amide bonds. The molecule has 1 heterocycles. The van der Waals surface area contributed by atoms with Crippen molar-refractivity contribution < 1.29 is 0 Å². The largest absolute Gasteiger partial charge is 0.389 e. The van der Waals surface area contributed by atoms with Crippen molar-refractivity contribution in [2.45, 2.75) is 32.7 Å². The Morgan fingerprint density at radius 2 is 2.11 bits per heavy atom. The number of hydrogen-bond donors (Lipinski definition) is 1. The van der Waals surface area contributed by atoms with Crippen molar-refractivity contribution >= 4 is 38.8 Å². The lowest BCUT2D eigenvalue weighted by Gasteiger charge is -2.39. The van der Waals surface area contributed by atoms with Crippen LogP contribution in [0.1, 0.15) is 32.3 Å². The van der Waals surface area contributed by atoms with Gasteiger partial charge in [-0.1, -0.05) is 19.1 Å². The fourth-order valence-electron chi connectivity index (χ4n) is 2.52. The van der Waals surface area contributed by atoms with E-state index in [4.69, 9.17) is 18.0 Å². The molecule has 1 aromatic carbocycles. The van der Waals surface area contributed by atoms with Gasteiger partial charge in [0.05, 0.1) is 5.69 Å². The molecule has 0 aromatic heterocycles.